The Kier molecular flexibility index (Phi) is 2.93. The molecule has 6 nitrogen and oxygen atoms in total. The fourth-order valence-electron chi connectivity index (χ4n) is 1.25. The van der Waals surface area contributed by atoms with Gasteiger partial charge in [-0.2, -0.15) is 18.2 Å². The van der Waals surface area contributed by atoms with Crippen LogP contribution in [0.3, 0.4) is 0 Å². The molecular formula is C7H14N4O2S. The number of aromatic nitrogens is 2. The van der Waals surface area contributed by atoms with E-state index in [0.29, 0.717) is 0 Å². The Bertz CT molecular complexity index is 423. The summed E-state index contributed by atoms with van der Waals surface area (Å²) in [5, 5.41) is 8.87. The molecule has 0 saturated carbocycles. The Balaban J connectivity index is 2.90. The highest BCUT2D eigenvalue weighted by Crippen LogP contribution is 2.15. The zero-order valence-corrected chi connectivity index (χ0v) is 9.17. The summed E-state index contributed by atoms with van der Waals surface area (Å²) in [4.78, 5) is 0. The maximum Gasteiger partial charge on any atom is 0.274 e. The molecule has 0 aliphatic heterocycles. The molecule has 0 aromatic carbocycles. The summed E-state index contributed by atoms with van der Waals surface area (Å²) in [6.45, 7) is 3.58. The van der Waals surface area contributed by atoms with Gasteiger partial charge in [0.15, 0.2) is 0 Å². The van der Waals surface area contributed by atoms with E-state index < -0.39 is 10.2 Å². The second-order valence-corrected chi connectivity index (χ2v) is 4.52. The highest BCUT2D eigenvalue weighted by atomic mass is 32.2. The van der Waals surface area contributed by atoms with Crippen LogP contribution in [0.2, 0.25) is 0 Å². The van der Waals surface area contributed by atoms with E-state index in [1.165, 1.54) is 0 Å². The predicted molar refractivity (Wildman–Crippen MR) is 52.6 cm³/mol. The van der Waals surface area contributed by atoms with E-state index in [1.807, 2.05) is 6.92 Å². The number of hydrogen-bond donors (Lipinski definition) is 2. The molecule has 0 aliphatic carbocycles. The lowest BCUT2D eigenvalue weighted by molar-refractivity contribution is 0.568. The van der Waals surface area contributed by atoms with Gasteiger partial charge in [0.1, 0.15) is 0 Å². The van der Waals surface area contributed by atoms with E-state index >= 15 is 0 Å². The van der Waals surface area contributed by atoms with Gasteiger partial charge in [0.05, 0.1) is 6.20 Å². The molecule has 0 radical (unpaired) electrons. The molecule has 7 heteroatoms. The second kappa shape index (κ2) is 3.68. The van der Waals surface area contributed by atoms with Crippen LogP contribution in [0.5, 0.6) is 0 Å². The first-order valence-corrected chi connectivity index (χ1v) is 5.64. The summed E-state index contributed by atoms with van der Waals surface area (Å²) >= 11 is 0. The Hall–Kier alpha value is -0.920. The van der Waals surface area contributed by atoms with Gasteiger partial charge < -0.3 is 0 Å². The number of rotatable bonds is 3. The summed E-state index contributed by atoms with van der Waals surface area (Å²) in [6, 6.07) is -0.362. The van der Waals surface area contributed by atoms with Crippen LogP contribution in [-0.4, -0.2) is 18.2 Å². The largest absolute Gasteiger partial charge is 0.274 e. The monoisotopic (exact) mass is 218 g/mol. The SMILES string of the molecule is Cc1c(C(C)NS(N)(=O)=O)cnn1C. The average molecular weight is 218 g/mol. The fraction of sp³-hybridized carbons (Fsp3) is 0.571. The van der Waals surface area contributed by atoms with Crippen molar-refractivity contribution in [3.63, 3.8) is 0 Å². The third-order valence-electron chi connectivity index (χ3n) is 2.08. The molecule has 80 valence electrons. The zero-order chi connectivity index (χ0) is 10.9. The van der Waals surface area contributed by atoms with Gasteiger partial charge in [-0.15, -0.1) is 0 Å². The molecule has 1 heterocycles. The van der Waals surface area contributed by atoms with Crippen molar-refractivity contribution in [2.45, 2.75) is 19.9 Å². The quantitative estimate of drug-likeness (QED) is 0.722. The summed E-state index contributed by atoms with van der Waals surface area (Å²) in [7, 11) is -1.87. The van der Waals surface area contributed by atoms with Gasteiger partial charge >= 0.3 is 0 Å². The van der Waals surface area contributed by atoms with Crippen molar-refractivity contribution in [3.8, 4) is 0 Å². The van der Waals surface area contributed by atoms with Gasteiger partial charge in [0, 0.05) is 24.3 Å². The van der Waals surface area contributed by atoms with Crippen molar-refractivity contribution < 1.29 is 8.42 Å². The average Bonchev–Trinajstić information content (AvgIpc) is 2.29. The molecule has 0 spiro atoms. The van der Waals surface area contributed by atoms with Gasteiger partial charge in [-0.3, -0.25) is 4.68 Å². The zero-order valence-electron chi connectivity index (χ0n) is 8.35. The Morgan fingerprint density at radius 2 is 2.21 bits per heavy atom. The van der Waals surface area contributed by atoms with Crippen molar-refractivity contribution in [2.75, 3.05) is 0 Å². The van der Waals surface area contributed by atoms with E-state index in [1.54, 1.807) is 24.9 Å². The lowest BCUT2D eigenvalue weighted by Crippen LogP contribution is -2.33. The smallest absolute Gasteiger partial charge is 0.273 e. The summed E-state index contributed by atoms with van der Waals surface area (Å²) in [5.74, 6) is 0. The van der Waals surface area contributed by atoms with Gasteiger partial charge in [-0.1, -0.05) is 0 Å². The van der Waals surface area contributed by atoms with Crippen LogP contribution in [0.15, 0.2) is 6.20 Å². The van der Waals surface area contributed by atoms with Gasteiger partial charge in [-0.25, -0.2) is 5.14 Å². The summed E-state index contributed by atoms with van der Waals surface area (Å²) in [5.41, 5.74) is 1.73. The summed E-state index contributed by atoms with van der Waals surface area (Å²) < 4.78 is 25.5. The minimum absolute atomic E-state index is 0.362. The minimum atomic E-state index is -3.67. The maximum atomic E-state index is 10.8. The third kappa shape index (κ3) is 2.53. The van der Waals surface area contributed by atoms with Crippen molar-refractivity contribution in [1.82, 2.24) is 14.5 Å². The molecule has 0 saturated heterocycles. The maximum absolute atomic E-state index is 10.8. The number of hydrogen-bond acceptors (Lipinski definition) is 3. The van der Waals surface area contributed by atoms with Crippen LogP contribution >= 0.6 is 0 Å². The first-order chi connectivity index (χ1) is 6.31. The van der Waals surface area contributed by atoms with E-state index in [4.69, 9.17) is 5.14 Å². The molecule has 0 aliphatic rings. The number of nitrogens with two attached hydrogens (primary N) is 1. The topological polar surface area (TPSA) is 90.0 Å². The van der Waals surface area contributed by atoms with Crippen LogP contribution in [0.25, 0.3) is 0 Å². The van der Waals surface area contributed by atoms with Gasteiger partial charge in [0.2, 0.25) is 0 Å². The molecular weight excluding hydrogens is 204 g/mol. The predicted octanol–water partition coefficient (Wildman–Crippen LogP) is -0.417. The molecule has 14 heavy (non-hydrogen) atoms. The lowest BCUT2D eigenvalue weighted by Gasteiger charge is -2.10. The summed E-state index contributed by atoms with van der Waals surface area (Å²) in [6.07, 6.45) is 1.62. The Morgan fingerprint density at radius 3 is 2.57 bits per heavy atom. The van der Waals surface area contributed by atoms with Crippen molar-refractivity contribution in [1.29, 1.82) is 0 Å². The van der Waals surface area contributed by atoms with Crippen LogP contribution in [0.1, 0.15) is 24.2 Å². The number of aryl methyl sites for hydroxylation is 1. The van der Waals surface area contributed by atoms with Crippen LogP contribution in [-0.2, 0) is 17.3 Å². The van der Waals surface area contributed by atoms with E-state index in [9.17, 15) is 8.42 Å². The number of nitrogens with zero attached hydrogens (tertiary/aromatic N) is 2. The molecule has 1 atom stereocenters. The minimum Gasteiger partial charge on any atom is -0.273 e. The molecule has 1 unspecified atom stereocenters. The number of nitrogens with one attached hydrogen (secondary N) is 1. The molecule has 0 amide bonds. The standard InChI is InChI=1S/C7H14N4O2S/c1-5(10-14(8,12)13)7-4-9-11(3)6(7)2/h4-5,10H,1-3H3,(H2,8,12,13). The van der Waals surface area contributed by atoms with Gasteiger partial charge in [0.25, 0.3) is 10.2 Å². The lowest BCUT2D eigenvalue weighted by atomic mass is 10.1. The Labute approximate surface area is 83.3 Å². The second-order valence-electron chi connectivity index (χ2n) is 3.19. The molecule has 1 rings (SSSR count). The molecule has 0 bridgehead atoms. The van der Waals surface area contributed by atoms with Crippen LogP contribution in [0.4, 0.5) is 0 Å². The molecule has 0 fully saturated rings. The van der Waals surface area contributed by atoms with E-state index in [2.05, 4.69) is 9.82 Å². The van der Waals surface area contributed by atoms with Crippen molar-refractivity contribution >= 4 is 10.2 Å². The molecule has 3 N–H and O–H groups in total. The third-order valence-corrected chi connectivity index (χ3v) is 2.76. The van der Waals surface area contributed by atoms with Gasteiger partial charge in [-0.05, 0) is 13.8 Å². The fourth-order valence-corrected chi connectivity index (χ4v) is 1.87. The van der Waals surface area contributed by atoms with Crippen molar-refractivity contribution in [3.05, 3.63) is 17.5 Å². The van der Waals surface area contributed by atoms with E-state index in [0.717, 1.165) is 11.3 Å². The van der Waals surface area contributed by atoms with Crippen LogP contribution in [0, 0.1) is 6.92 Å². The normalized spacial score (nSPS) is 14.3. The van der Waals surface area contributed by atoms with E-state index in [-0.39, 0.29) is 6.04 Å². The first kappa shape index (κ1) is 11.2. The van der Waals surface area contributed by atoms with Crippen molar-refractivity contribution in [2.24, 2.45) is 12.2 Å². The first-order valence-electron chi connectivity index (χ1n) is 4.10. The highest BCUT2D eigenvalue weighted by Gasteiger charge is 2.15. The highest BCUT2D eigenvalue weighted by molar-refractivity contribution is 7.87. The van der Waals surface area contributed by atoms with Crippen LogP contribution < -0.4 is 9.86 Å². The Morgan fingerprint density at radius 1 is 1.64 bits per heavy atom. The molecule has 1 aromatic heterocycles. The molecule has 1 aromatic rings.